The van der Waals surface area contributed by atoms with Gasteiger partial charge in [0, 0.05) is 36.9 Å². The zero-order valence-corrected chi connectivity index (χ0v) is 22.4. The van der Waals surface area contributed by atoms with Gasteiger partial charge in [0.25, 0.3) is 0 Å². The molecular formula is C29H29N9O2. The highest BCUT2D eigenvalue weighted by molar-refractivity contribution is 6.04. The van der Waals surface area contributed by atoms with E-state index in [0.29, 0.717) is 35.5 Å². The molecule has 5 aromatic rings. The van der Waals surface area contributed by atoms with Gasteiger partial charge in [-0.1, -0.05) is 0 Å². The minimum atomic E-state index is 0.302. The average molecular weight is 536 g/mol. The first-order valence-electron chi connectivity index (χ1n) is 13.7. The molecule has 3 aromatic heterocycles. The molecule has 3 aliphatic rings. The molecule has 0 unspecified atom stereocenters. The summed E-state index contributed by atoms with van der Waals surface area (Å²) in [6, 6.07) is 12.9. The quantitative estimate of drug-likeness (QED) is 0.323. The van der Waals surface area contributed by atoms with Gasteiger partial charge in [-0.25, -0.2) is 24.5 Å². The lowest BCUT2D eigenvalue weighted by Gasteiger charge is -2.48. The first-order valence-corrected chi connectivity index (χ1v) is 13.7. The number of nitrogens with one attached hydrogen (secondary N) is 1. The van der Waals surface area contributed by atoms with Gasteiger partial charge in [0.05, 0.1) is 22.7 Å². The topological polar surface area (TPSA) is 106 Å². The van der Waals surface area contributed by atoms with E-state index in [1.807, 2.05) is 25.1 Å². The molecule has 0 bridgehead atoms. The van der Waals surface area contributed by atoms with Crippen LogP contribution < -0.4 is 19.7 Å². The van der Waals surface area contributed by atoms with Crippen LogP contribution in [0.5, 0.6) is 17.4 Å². The lowest BCUT2D eigenvalue weighted by Crippen LogP contribution is -2.61. The van der Waals surface area contributed by atoms with Crippen LogP contribution in [0.25, 0.3) is 16.6 Å². The summed E-state index contributed by atoms with van der Waals surface area (Å²) in [6.07, 6.45) is 8.37. The molecule has 2 atom stereocenters. The molecule has 0 radical (unpaired) electrons. The Bertz CT molecular complexity index is 1750. The lowest BCUT2D eigenvalue weighted by atomic mass is 9.94. The molecule has 2 aliphatic heterocycles. The first kappa shape index (κ1) is 23.4. The number of benzene rings is 2. The first-order chi connectivity index (χ1) is 19.6. The van der Waals surface area contributed by atoms with Gasteiger partial charge in [-0.2, -0.15) is 5.10 Å². The summed E-state index contributed by atoms with van der Waals surface area (Å²) in [5, 5.41) is 8.65. The molecule has 11 heteroatoms. The molecule has 1 saturated carbocycles. The molecule has 2 saturated heterocycles. The Morgan fingerprint density at radius 2 is 1.82 bits per heavy atom. The van der Waals surface area contributed by atoms with Crippen LogP contribution in [0, 0.1) is 6.92 Å². The number of rotatable bonds is 7. The number of likely N-dealkylation sites (tertiary alicyclic amines) is 1. The third-order valence-corrected chi connectivity index (χ3v) is 8.22. The fourth-order valence-corrected chi connectivity index (χ4v) is 5.88. The number of hydrogen-bond donors (Lipinski definition) is 1. The Morgan fingerprint density at radius 1 is 0.925 bits per heavy atom. The Labute approximate surface area is 230 Å². The monoisotopic (exact) mass is 535 g/mol. The van der Waals surface area contributed by atoms with Crippen molar-refractivity contribution in [3.8, 4) is 17.4 Å². The van der Waals surface area contributed by atoms with Crippen molar-refractivity contribution >= 4 is 33.7 Å². The van der Waals surface area contributed by atoms with Crippen LogP contribution >= 0.6 is 0 Å². The Kier molecular flexibility index (Phi) is 5.27. The number of likely N-dealkylation sites (N-methyl/N-ethyl adjacent to an activating group) is 1. The summed E-state index contributed by atoms with van der Waals surface area (Å²) in [4.78, 5) is 22.8. The van der Waals surface area contributed by atoms with Crippen LogP contribution in [0.15, 0.2) is 55.4 Å². The molecule has 2 aromatic carbocycles. The van der Waals surface area contributed by atoms with Crippen LogP contribution in [-0.4, -0.2) is 72.8 Å². The van der Waals surface area contributed by atoms with Crippen molar-refractivity contribution in [2.75, 3.05) is 30.4 Å². The summed E-state index contributed by atoms with van der Waals surface area (Å²) in [7, 11) is 2.22. The van der Waals surface area contributed by atoms with Gasteiger partial charge in [-0.05, 0) is 69.1 Å². The molecule has 202 valence electrons. The molecule has 1 N–H and O–H groups in total. The van der Waals surface area contributed by atoms with E-state index in [-0.39, 0.29) is 0 Å². The van der Waals surface area contributed by atoms with Crippen LogP contribution in [0.2, 0.25) is 0 Å². The second kappa shape index (κ2) is 9.02. The van der Waals surface area contributed by atoms with Gasteiger partial charge in [0.1, 0.15) is 36.3 Å². The fourth-order valence-electron chi connectivity index (χ4n) is 5.88. The third kappa shape index (κ3) is 3.96. The fraction of sp³-hybridized carbons (Fsp3) is 0.345. The summed E-state index contributed by atoms with van der Waals surface area (Å²) in [5.74, 6) is 2.87. The van der Waals surface area contributed by atoms with E-state index >= 15 is 0 Å². The predicted molar refractivity (Wildman–Crippen MR) is 151 cm³/mol. The van der Waals surface area contributed by atoms with Gasteiger partial charge in [0.2, 0.25) is 5.88 Å². The number of fused-ring (bicyclic) bond motifs is 3. The minimum Gasteiger partial charge on any atom is -0.488 e. The number of ether oxygens (including phenoxy) is 2. The van der Waals surface area contributed by atoms with Gasteiger partial charge in [-0.3, -0.25) is 4.90 Å². The smallest absolute Gasteiger partial charge is 0.224 e. The second-order valence-corrected chi connectivity index (χ2v) is 10.9. The molecule has 0 amide bonds. The van der Waals surface area contributed by atoms with Crippen molar-refractivity contribution in [3.63, 3.8) is 0 Å². The molecule has 5 heterocycles. The maximum absolute atomic E-state index is 6.44. The normalized spacial score (nSPS) is 20.5. The van der Waals surface area contributed by atoms with Crippen LogP contribution in [0.4, 0.5) is 17.2 Å². The van der Waals surface area contributed by atoms with E-state index in [1.54, 1.807) is 23.2 Å². The van der Waals surface area contributed by atoms with E-state index in [9.17, 15) is 0 Å². The van der Waals surface area contributed by atoms with E-state index < -0.39 is 0 Å². The zero-order chi connectivity index (χ0) is 26.8. The van der Waals surface area contributed by atoms with Crippen molar-refractivity contribution in [1.82, 2.24) is 34.4 Å². The molecular weight excluding hydrogens is 506 g/mol. The Hall–Kier alpha value is -4.51. The molecule has 3 fully saturated rings. The van der Waals surface area contributed by atoms with E-state index in [2.05, 4.69) is 54.3 Å². The summed E-state index contributed by atoms with van der Waals surface area (Å²) in [6.45, 7) is 4.11. The largest absolute Gasteiger partial charge is 0.488 e. The lowest BCUT2D eigenvalue weighted by molar-refractivity contribution is 0.238. The number of aryl methyl sites for hydroxylation is 1. The summed E-state index contributed by atoms with van der Waals surface area (Å²) >= 11 is 0. The Balaban J connectivity index is 1.13. The van der Waals surface area contributed by atoms with Crippen LogP contribution in [0.1, 0.15) is 24.8 Å². The highest BCUT2D eigenvalue weighted by Crippen LogP contribution is 2.47. The maximum Gasteiger partial charge on any atom is 0.224 e. The standard InChI is InChI=1S/C29H29N9O2/c1-17-11-18(3-7-23(17)40-26-12-25-31-15-34-38(25)16-33-26)35-29-27-20(30-14-32-29)6-8-24(39-19-4-5-19)28(27)37-13-22-21(37)9-10-36(22)2/h3,6-8,11-12,14-16,19,21-22H,4-5,9-10,13H2,1-2H3,(H,30,32,35)/t21-,22-/m1/s1. The number of anilines is 3. The number of aromatic nitrogens is 6. The van der Waals surface area contributed by atoms with Crippen molar-refractivity contribution in [2.24, 2.45) is 0 Å². The van der Waals surface area contributed by atoms with E-state index in [4.69, 9.17) is 14.5 Å². The Morgan fingerprint density at radius 3 is 2.67 bits per heavy atom. The second-order valence-electron chi connectivity index (χ2n) is 10.9. The van der Waals surface area contributed by atoms with Gasteiger partial charge < -0.3 is 19.7 Å². The molecule has 8 rings (SSSR count). The summed E-state index contributed by atoms with van der Waals surface area (Å²) < 4.78 is 14.1. The SMILES string of the molecule is Cc1cc(Nc2ncnc3ccc(OC4CC4)c(N4C[C@@H]5[C@H]4CCN5C)c23)ccc1Oc1cc2ncnn2cn1. The van der Waals surface area contributed by atoms with Crippen molar-refractivity contribution in [2.45, 2.75) is 44.4 Å². The van der Waals surface area contributed by atoms with Gasteiger partial charge in [0.15, 0.2) is 5.65 Å². The highest BCUT2D eigenvalue weighted by Gasteiger charge is 2.47. The van der Waals surface area contributed by atoms with E-state index in [0.717, 1.165) is 71.8 Å². The zero-order valence-electron chi connectivity index (χ0n) is 22.4. The maximum atomic E-state index is 6.44. The van der Waals surface area contributed by atoms with Crippen LogP contribution in [0.3, 0.4) is 0 Å². The third-order valence-electron chi connectivity index (χ3n) is 8.22. The van der Waals surface area contributed by atoms with Crippen molar-refractivity contribution < 1.29 is 9.47 Å². The number of hydrogen-bond acceptors (Lipinski definition) is 10. The van der Waals surface area contributed by atoms with Crippen molar-refractivity contribution in [3.05, 3.63) is 60.9 Å². The molecule has 0 spiro atoms. The highest BCUT2D eigenvalue weighted by atomic mass is 16.5. The van der Waals surface area contributed by atoms with Crippen molar-refractivity contribution in [1.29, 1.82) is 0 Å². The average Bonchev–Trinajstić information content (AvgIpc) is 3.55. The molecule has 1 aliphatic carbocycles. The van der Waals surface area contributed by atoms with Gasteiger partial charge in [-0.15, -0.1) is 0 Å². The summed E-state index contributed by atoms with van der Waals surface area (Å²) in [5.41, 5.74) is 4.55. The number of nitrogens with zero attached hydrogens (tertiary/aromatic N) is 8. The van der Waals surface area contributed by atoms with Gasteiger partial charge >= 0.3 is 0 Å². The minimum absolute atomic E-state index is 0.302. The molecule has 11 nitrogen and oxygen atoms in total. The predicted octanol–water partition coefficient (Wildman–Crippen LogP) is 4.35. The molecule has 40 heavy (non-hydrogen) atoms. The van der Waals surface area contributed by atoms with Crippen LogP contribution in [-0.2, 0) is 0 Å². The van der Waals surface area contributed by atoms with E-state index in [1.165, 1.54) is 6.33 Å².